The monoisotopic (exact) mass is 428 g/mol. The summed E-state index contributed by atoms with van der Waals surface area (Å²) < 4.78 is 23.4. The highest BCUT2D eigenvalue weighted by molar-refractivity contribution is 7.90. The van der Waals surface area contributed by atoms with Gasteiger partial charge in [0.05, 0.1) is 22.4 Å². The van der Waals surface area contributed by atoms with Gasteiger partial charge >= 0.3 is 0 Å². The van der Waals surface area contributed by atoms with Crippen LogP contribution in [0.5, 0.6) is 0 Å². The molecular weight excluding hydrogens is 408 g/mol. The molecule has 1 unspecified atom stereocenters. The number of amides is 1. The lowest BCUT2D eigenvalue weighted by molar-refractivity contribution is 0.0973. The third-order valence-electron chi connectivity index (χ3n) is 4.67. The average Bonchev–Trinajstić information content (AvgIpc) is 2.78. The van der Waals surface area contributed by atoms with Crippen molar-refractivity contribution in [2.24, 2.45) is 0 Å². The number of carbonyl (C=O) groups is 1. The van der Waals surface area contributed by atoms with Crippen LogP contribution in [0.3, 0.4) is 0 Å². The molecule has 0 spiro atoms. The first-order valence-electron chi connectivity index (χ1n) is 9.52. The van der Waals surface area contributed by atoms with Gasteiger partial charge in [-0.15, -0.1) is 0 Å². The summed E-state index contributed by atoms with van der Waals surface area (Å²) >= 11 is 0. The Hall–Kier alpha value is -3.87. The first kappa shape index (κ1) is 21.8. The van der Waals surface area contributed by atoms with Crippen molar-refractivity contribution in [3.8, 4) is 18.0 Å². The summed E-state index contributed by atoms with van der Waals surface area (Å²) in [6.45, 7) is 0. The number of hydrogen-bond donors (Lipinski definition) is 1. The Balaban J connectivity index is 1.85. The third-order valence-corrected chi connectivity index (χ3v) is 5.80. The van der Waals surface area contributed by atoms with Crippen molar-refractivity contribution in [1.82, 2.24) is 5.32 Å². The van der Waals surface area contributed by atoms with E-state index in [1.807, 2.05) is 12.1 Å². The lowest BCUT2D eigenvalue weighted by atomic mass is 9.91. The molecule has 0 heterocycles. The number of nitrogens with one attached hydrogen (secondary N) is 1. The number of benzene rings is 3. The Labute approximate surface area is 182 Å². The number of rotatable bonds is 5. The largest absolute Gasteiger partial charge is 0.281 e. The van der Waals surface area contributed by atoms with Gasteiger partial charge in [0.1, 0.15) is 0 Å². The van der Waals surface area contributed by atoms with Crippen LogP contribution in [-0.2, 0) is 16.3 Å². The fourth-order valence-electron chi connectivity index (χ4n) is 3.03. The van der Waals surface area contributed by atoms with E-state index in [0.29, 0.717) is 17.5 Å². The molecule has 3 aromatic carbocycles. The van der Waals surface area contributed by atoms with Gasteiger partial charge in [-0.1, -0.05) is 48.4 Å². The molecule has 1 N–H and O–H groups in total. The van der Waals surface area contributed by atoms with Gasteiger partial charge in [-0.3, -0.25) is 10.1 Å². The number of hydrogen-bond acceptors (Lipinski definition) is 4. The van der Waals surface area contributed by atoms with Gasteiger partial charge < -0.3 is 0 Å². The van der Waals surface area contributed by atoms with E-state index in [1.54, 1.807) is 66.7 Å². The maximum absolute atomic E-state index is 12.2. The SMILES string of the molecule is CS(=O)(=O)c1ccc(CC(C#CNC(=O)c2ccccc2)c2cccc(C#N)c2)cc1. The van der Waals surface area contributed by atoms with Gasteiger partial charge in [-0.05, 0) is 53.9 Å². The normalized spacial score (nSPS) is 11.5. The van der Waals surface area contributed by atoms with Crippen molar-refractivity contribution < 1.29 is 13.2 Å². The molecule has 3 aromatic rings. The van der Waals surface area contributed by atoms with Crippen LogP contribution in [0.2, 0.25) is 0 Å². The van der Waals surface area contributed by atoms with Crippen LogP contribution in [-0.4, -0.2) is 20.6 Å². The van der Waals surface area contributed by atoms with Gasteiger partial charge in [-0.25, -0.2) is 8.42 Å². The van der Waals surface area contributed by atoms with Gasteiger partial charge in [0.15, 0.2) is 9.84 Å². The molecule has 1 amide bonds. The zero-order valence-corrected chi connectivity index (χ0v) is 17.7. The number of nitrogens with zero attached hydrogens (tertiary/aromatic N) is 1. The molecule has 0 saturated carbocycles. The zero-order valence-electron chi connectivity index (χ0n) is 16.9. The second kappa shape index (κ2) is 9.75. The van der Waals surface area contributed by atoms with Crippen molar-refractivity contribution in [3.05, 3.63) is 101 Å². The minimum absolute atomic E-state index is 0.250. The first-order chi connectivity index (χ1) is 14.9. The molecular formula is C25H20N2O3S. The highest BCUT2D eigenvalue weighted by atomic mass is 32.2. The molecule has 1 atom stereocenters. The van der Waals surface area contributed by atoms with E-state index >= 15 is 0 Å². The van der Waals surface area contributed by atoms with Crippen LogP contribution in [0.25, 0.3) is 0 Å². The van der Waals surface area contributed by atoms with Crippen LogP contribution < -0.4 is 5.32 Å². The molecule has 31 heavy (non-hydrogen) atoms. The van der Waals surface area contributed by atoms with Crippen molar-refractivity contribution in [3.63, 3.8) is 0 Å². The summed E-state index contributed by atoms with van der Waals surface area (Å²) in [7, 11) is -3.27. The maximum atomic E-state index is 12.2. The highest BCUT2D eigenvalue weighted by Crippen LogP contribution is 2.22. The molecule has 0 aliphatic heterocycles. The Bertz CT molecular complexity index is 1280. The molecule has 0 aliphatic carbocycles. The summed E-state index contributed by atoms with van der Waals surface area (Å²) in [4.78, 5) is 12.5. The third kappa shape index (κ3) is 6.05. The maximum Gasteiger partial charge on any atom is 0.262 e. The molecule has 0 radical (unpaired) electrons. The number of nitriles is 1. The molecule has 6 heteroatoms. The molecule has 0 fully saturated rings. The second-order valence-electron chi connectivity index (χ2n) is 7.00. The molecule has 0 aliphatic rings. The highest BCUT2D eigenvalue weighted by Gasteiger charge is 2.13. The average molecular weight is 429 g/mol. The van der Waals surface area contributed by atoms with E-state index in [0.717, 1.165) is 11.1 Å². The van der Waals surface area contributed by atoms with Gasteiger partial charge in [0, 0.05) is 17.9 Å². The predicted octanol–water partition coefficient (Wildman–Crippen LogP) is 3.68. The van der Waals surface area contributed by atoms with E-state index in [1.165, 1.54) is 6.26 Å². The van der Waals surface area contributed by atoms with E-state index in [4.69, 9.17) is 0 Å². The lowest BCUT2D eigenvalue weighted by Crippen LogP contribution is -2.17. The number of carbonyl (C=O) groups excluding carboxylic acids is 1. The molecule has 5 nitrogen and oxygen atoms in total. The first-order valence-corrected chi connectivity index (χ1v) is 11.4. The van der Waals surface area contributed by atoms with Crippen molar-refractivity contribution in [2.75, 3.05) is 6.26 Å². The molecule has 154 valence electrons. The smallest absolute Gasteiger partial charge is 0.262 e. The Morgan fingerprint density at radius 1 is 1.00 bits per heavy atom. The Kier molecular flexibility index (Phi) is 6.87. The topological polar surface area (TPSA) is 87.0 Å². The summed E-state index contributed by atoms with van der Waals surface area (Å²) in [6.07, 6.45) is 1.66. The minimum atomic E-state index is -3.27. The van der Waals surface area contributed by atoms with Crippen molar-refractivity contribution in [2.45, 2.75) is 17.2 Å². The van der Waals surface area contributed by atoms with Crippen LogP contribution >= 0.6 is 0 Å². The zero-order chi connectivity index (χ0) is 22.3. The van der Waals surface area contributed by atoms with Crippen molar-refractivity contribution in [1.29, 1.82) is 5.26 Å². The summed E-state index contributed by atoms with van der Waals surface area (Å²) in [5, 5.41) is 11.8. The summed E-state index contributed by atoms with van der Waals surface area (Å²) in [5.74, 6) is 2.48. The number of sulfone groups is 1. The molecule has 0 saturated heterocycles. The molecule has 3 rings (SSSR count). The molecule has 0 bridgehead atoms. The fourth-order valence-corrected chi connectivity index (χ4v) is 3.66. The van der Waals surface area contributed by atoms with Gasteiger partial charge in [0.2, 0.25) is 0 Å². The quantitative estimate of drug-likeness (QED) is 0.496. The Morgan fingerprint density at radius 2 is 1.71 bits per heavy atom. The predicted molar refractivity (Wildman–Crippen MR) is 119 cm³/mol. The molecule has 0 aromatic heterocycles. The second-order valence-corrected chi connectivity index (χ2v) is 9.02. The van der Waals surface area contributed by atoms with E-state index in [9.17, 15) is 18.5 Å². The van der Waals surface area contributed by atoms with Crippen LogP contribution in [0.15, 0.2) is 83.8 Å². The van der Waals surface area contributed by atoms with Crippen LogP contribution in [0.1, 0.15) is 33.0 Å². The summed E-state index contributed by atoms with van der Waals surface area (Å²) in [5.41, 5.74) is 2.76. The van der Waals surface area contributed by atoms with Gasteiger partial charge in [0.25, 0.3) is 5.91 Å². The fraction of sp³-hybridized carbons (Fsp3) is 0.120. The standard InChI is InChI=1S/C25H20N2O3S/c1-31(29,30)24-12-10-19(11-13-24)16-23(22-9-5-6-20(17-22)18-26)14-15-27-25(28)21-7-3-2-4-8-21/h2-13,17,23H,16H2,1H3,(H,27,28). The lowest BCUT2D eigenvalue weighted by Gasteiger charge is -2.12. The van der Waals surface area contributed by atoms with E-state index < -0.39 is 9.84 Å². The van der Waals surface area contributed by atoms with E-state index in [-0.39, 0.29) is 16.7 Å². The Morgan fingerprint density at radius 3 is 2.35 bits per heavy atom. The summed E-state index contributed by atoms with van der Waals surface area (Å²) in [6, 6.07) is 27.4. The van der Waals surface area contributed by atoms with Crippen LogP contribution in [0.4, 0.5) is 0 Å². The van der Waals surface area contributed by atoms with Gasteiger partial charge in [-0.2, -0.15) is 5.26 Å². The van der Waals surface area contributed by atoms with Crippen molar-refractivity contribution >= 4 is 15.7 Å². The minimum Gasteiger partial charge on any atom is -0.281 e. The van der Waals surface area contributed by atoms with E-state index in [2.05, 4.69) is 23.4 Å². The van der Waals surface area contributed by atoms with Crippen LogP contribution in [0, 0.1) is 23.3 Å².